The maximum absolute atomic E-state index is 11.0. The van der Waals surface area contributed by atoms with Gasteiger partial charge in [-0.2, -0.15) is 0 Å². The maximum atomic E-state index is 11.0. The molecule has 0 bridgehead atoms. The minimum atomic E-state index is -0.971. The largest absolute Gasteiger partial charge is 0.464 e. The number of carbonyl (C=O) groups is 1. The first-order chi connectivity index (χ1) is 6.22. The molecule has 0 saturated carbocycles. The molecule has 0 fully saturated rings. The molecule has 0 aliphatic carbocycles. The van der Waals surface area contributed by atoms with Crippen LogP contribution in [0.15, 0.2) is 0 Å². The van der Waals surface area contributed by atoms with Crippen LogP contribution in [0.25, 0.3) is 0 Å². The second-order valence-corrected chi connectivity index (χ2v) is 3.66. The van der Waals surface area contributed by atoms with E-state index in [1.165, 1.54) is 0 Å². The van der Waals surface area contributed by atoms with Crippen molar-refractivity contribution in [1.29, 1.82) is 0 Å². The summed E-state index contributed by atoms with van der Waals surface area (Å²) in [6, 6.07) is 0. The number of aliphatic hydroxyl groups excluding tert-OH is 1. The molecule has 13 heavy (non-hydrogen) atoms. The topological polar surface area (TPSA) is 46.5 Å². The van der Waals surface area contributed by atoms with Crippen molar-refractivity contribution >= 4 is 21.9 Å². The molecule has 0 aromatic heterocycles. The van der Waals surface area contributed by atoms with E-state index in [0.29, 0.717) is 18.4 Å². The second-order valence-electron chi connectivity index (χ2n) is 2.87. The molecule has 4 heteroatoms. The molecular formula is C9H17BrO3. The van der Waals surface area contributed by atoms with Crippen LogP contribution in [0.5, 0.6) is 0 Å². The zero-order valence-corrected chi connectivity index (χ0v) is 9.55. The number of ether oxygens (including phenoxy) is 1. The standard InChI is InChI=1S/C9H17BrO3/c1-2-3-4-7-13-9(12)8(11)5-6-10/h8,11H,2-7H2,1H3/t8-/m1/s1. The highest BCUT2D eigenvalue weighted by molar-refractivity contribution is 9.09. The highest BCUT2D eigenvalue weighted by atomic mass is 79.9. The summed E-state index contributed by atoms with van der Waals surface area (Å²) in [5.41, 5.74) is 0. The lowest BCUT2D eigenvalue weighted by molar-refractivity contribution is -0.153. The Morgan fingerprint density at radius 3 is 2.77 bits per heavy atom. The van der Waals surface area contributed by atoms with Crippen molar-refractivity contribution < 1.29 is 14.6 Å². The molecule has 0 aliphatic heterocycles. The molecule has 0 unspecified atom stereocenters. The van der Waals surface area contributed by atoms with Crippen molar-refractivity contribution in [2.24, 2.45) is 0 Å². The molecule has 0 aromatic rings. The molecule has 1 atom stereocenters. The van der Waals surface area contributed by atoms with E-state index in [1.807, 2.05) is 0 Å². The lowest BCUT2D eigenvalue weighted by atomic mass is 10.2. The van der Waals surface area contributed by atoms with Gasteiger partial charge in [0.05, 0.1) is 6.61 Å². The van der Waals surface area contributed by atoms with Gasteiger partial charge in [0.25, 0.3) is 0 Å². The van der Waals surface area contributed by atoms with Crippen LogP contribution >= 0.6 is 15.9 Å². The first kappa shape index (κ1) is 12.9. The molecule has 0 rings (SSSR count). The Labute approximate surface area is 87.6 Å². The van der Waals surface area contributed by atoms with Gasteiger partial charge < -0.3 is 9.84 Å². The van der Waals surface area contributed by atoms with Gasteiger partial charge in [0.15, 0.2) is 6.10 Å². The number of rotatable bonds is 7. The van der Waals surface area contributed by atoms with Crippen molar-refractivity contribution in [3.8, 4) is 0 Å². The van der Waals surface area contributed by atoms with Crippen molar-refractivity contribution in [3.05, 3.63) is 0 Å². The molecular weight excluding hydrogens is 236 g/mol. The first-order valence-corrected chi connectivity index (χ1v) is 5.75. The molecule has 0 radical (unpaired) electrons. The van der Waals surface area contributed by atoms with Crippen LogP contribution in [0.1, 0.15) is 32.6 Å². The van der Waals surface area contributed by atoms with Gasteiger partial charge in [0.2, 0.25) is 0 Å². The number of unbranched alkanes of at least 4 members (excludes halogenated alkanes) is 2. The summed E-state index contributed by atoms with van der Waals surface area (Å²) in [5, 5.41) is 9.78. The van der Waals surface area contributed by atoms with Crippen LogP contribution in [0.3, 0.4) is 0 Å². The number of alkyl halides is 1. The first-order valence-electron chi connectivity index (χ1n) is 4.63. The van der Waals surface area contributed by atoms with E-state index < -0.39 is 12.1 Å². The molecule has 1 N–H and O–H groups in total. The lowest BCUT2D eigenvalue weighted by Crippen LogP contribution is -2.23. The Kier molecular flexibility index (Phi) is 8.45. The predicted molar refractivity (Wildman–Crippen MR) is 54.9 cm³/mol. The van der Waals surface area contributed by atoms with E-state index in [2.05, 4.69) is 22.9 Å². The minimum absolute atomic E-state index is 0.409. The summed E-state index contributed by atoms with van der Waals surface area (Å²) in [7, 11) is 0. The number of esters is 1. The number of carbonyl (C=O) groups excluding carboxylic acids is 1. The molecule has 0 heterocycles. The number of hydrogen-bond donors (Lipinski definition) is 1. The van der Waals surface area contributed by atoms with Gasteiger partial charge >= 0.3 is 5.97 Å². The summed E-state index contributed by atoms with van der Waals surface area (Å²) in [5.74, 6) is -0.504. The van der Waals surface area contributed by atoms with Gasteiger partial charge in [-0.15, -0.1) is 0 Å². The molecule has 0 aromatic carbocycles. The van der Waals surface area contributed by atoms with Gasteiger partial charge in [-0.05, 0) is 12.8 Å². The molecule has 0 saturated heterocycles. The fourth-order valence-electron chi connectivity index (χ4n) is 0.842. The summed E-state index contributed by atoms with van der Waals surface area (Å²) >= 11 is 3.14. The predicted octanol–water partition coefficient (Wildman–Crippen LogP) is 1.87. The van der Waals surface area contributed by atoms with Gasteiger partial charge in [-0.25, -0.2) is 4.79 Å². The van der Waals surface area contributed by atoms with Crippen LogP contribution in [0, 0.1) is 0 Å². The lowest BCUT2D eigenvalue weighted by Gasteiger charge is -2.08. The van der Waals surface area contributed by atoms with E-state index in [-0.39, 0.29) is 0 Å². The van der Waals surface area contributed by atoms with Crippen LogP contribution < -0.4 is 0 Å². The molecule has 3 nitrogen and oxygen atoms in total. The van der Waals surface area contributed by atoms with Crippen molar-refractivity contribution in [2.75, 3.05) is 11.9 Å². The second kappa shape index (κ2) is 8.51. The van der Waals surface area contributed by atoms with Crippen molar-refractivity contribution in [1.82, 2.24) is 0 Å². The maximum Gasteiger partial charge on any atom is 0.334 e. The van der Waals surface area contributed by atoms with E-state index in [1.54, 1.807) is 0 Å². The third-order valence-electron chi connectivity index (χ3n) is 1.65. The molecule has 78 valence electrons. The normalized spacial score (nSPS) is 12.5. The van der Waals surface area contributed by atoms with Gasteiger partial charge in [-0.1, -0.05) is 35.7 Å². The van der Waals surface area contributed by atoms with E-state index in [0.717, 1.165) is 19.3 Å². The minimum Gasteiger partial charge on any atom is -0.464 e. The Balaban J connectivity index is 3.38. The highest BCUT2D eigenvalue weighted by Gasteiger charge is 2.14. The Bertz CT molecular complexity index is 139. The monoisotopic (exact) mass is 252 g/mol. The van der Waals surface area contributed by atoms with Crippen LogP contribution in [0.4, 0.5) is 0 Å². The average molecular weight is 253 g/mol. The quantitative estimate of drug-likeness (QED) is 0.428. The third-order valence-corrected chi connectivity index (χ3v) is 2.10. The Hall–Kier alpha value is -0.0900. The zero-order chi connectivity index (χ0) is 10.1. The van der Waals surface area contributed by atoms with Crippen LogP contribution in [0.2, 0.25) is 0 Å². The van der Waals surface area contributed by atoms with Crippen LogP contribution in [-0.2, 0) is 9.53 Å². The van der Waals surface area contributed by atoms with Gasteiger partial charge in [0.1, 0.15) is 0 Å². The summed E-state index contributed by atoms with van der Waals surface area (Å²) < 4.78 is 4.85. The smallest absolute Gasteiger partial charge is 0.334 e. The van der Waals surface area contributed by atoms with Gasteiger partial charge in [0, 0.05) is 5.33 Å². The molecule has 0 aliphatic rings. The summed E-state index contributed by atoms with van der Waals surface area (Å²) in [6.07, 6.45) is 2.47. The third kappa shape index (κ3) is 7.02. The van der Waals surface area contributed by atoms with Crippen LogP contribution in [-0.4, -0.2) is 29.1 Å². The zero-order valence-electron chi connectivity index (χ0n) is 7.96. The average Bonchev–Trinajstić information content (AvgIpc) is 2.12. The highest BCUT2D eigenvalue weighted by Crippen LogP contribution is 2.00. The number of hydrogen-bond acceptors (Lipinski definition) is 3. The Morgan fingerprint density at radius 2 is 2.23 bits per heavy atom. The molecule has 0 amide bonds. The van der Waals surface area contributed by atoms with Crippen molar-refractivity contribution in [3.63, 3.8) is 0 Å². The molecule has 0 spiro atoms. The fraction of sp³-hybridized carbons (Fsp3) is 0.889. The SMILES string of the molecule is CCCCCOC(=O)[C@H](O)CCBr. The number of aliphatic hydroxyl groups is 1. The van der Waals surface area contributed by atoms with E-state index in [4.69, 9.17) is 9.84 Å². The fourth-order valence-corrected chi connectivity index (χ4v) is 1.28. The van der Waals surface area contributed by atoms with Crippen molar-refractivity contribution in [2.45, 2.75) is 38.7 Å². The number of halogens is 1. The van der Waals surface area contributed by atoms with E-state index >= 15 is 0 Å². The Morgan fingerprint density at radius 1 is 1.54 bits per heavy atom. The van der Waals surface area contributed by atoms with Gasteiger partial charge in [-0.3, -0.25) is 0 Å². The summed E-state index contributed by atoms with van der Waals surface area (Å²) in [6.45, 7) is 2.51. The van der Waals surface area contributed by atoms with E-state index in [9.17, 15) is 4.79 Å². The summed E-state index contributed by atoms with van der Waals surface area (Å²) in [4.78, 5) is 11.0.